The van der Waals surface area contributed by atoms with Gasteiger partial charge in [0.2, 0.25) is 11.8 Å². The molecule has 3 amide bonds. The van der Waals surface area contributed by atoms with Crippen molar-refractivity contribution in [3.05, 3.63) is 103 Å². The minimum absolute atomic E-state index is 0.260. The molecule has 1 fully saturated rings. The second-order valence-electron chi connectivity index (χ2n) is 9.26. The van der Waals surface area contributed by atoms with Gasteiger partial charge in [-0.25, -0.2) is 9.29 Å². The van der Waals surface area contributed by atoms with Gasteiger partial charge in [-0.3, -0.25) is 19.2 Å². The van der Waals surface area contributed by atoms with Gasteiger partial charge in [0.1, 0.15) is 16.8 Å². The van der Waals surface area contributed by atoms with Crippen molar-refractivity contribution in [3.63, 3.8) is 0 Å². The highest BCUT2D eigenvalue weighted by molar-refractivity contribution is 8.00. The number of carbonyl (C=O) groups excluding carboxylic acids is 3. The summed E-state index contributed by atoms with van der Waals surface area (Å²) in [6.07, 6.45) is 0. The van der Waals surface area contributed by atoms with Gasteiger partial charge < -0.3 is 15.0 Å². The van der Waals surface area contributed by atoms with Crippen molar-refractivity contribution in [1.82, 2.24) is 4.98 Å². The Bertz CT molecular complexity index is 1740. The van der Waals surface area contributed by atoms with E-state index >= 15 is 0 Å². The largest absolute Gasteiger partial charge is 0.483 e. The molecule has 208 valence electrons. The van der Waals surface area contributed by atoms with E-state index < -0.39 is 47.2 Å². The molecule has 41 heavy (non-hydrogen) atoms. The van der Waals surface area contributed by atoms with E-state index in [-0.39, 0.29) is 10.6 Å². The molecular formula is C28H18Cl2FN3O5S2. The summed E-state index contributed by atoms with van der Waals surface area (Å²) in [6.45, 7) is -0.401. The second kappa shape index (κ2) is 11.0. The average Bonchev–Trinajstić information content (AvgIpc) is 3.44. The molecule has 0 saturated carbocycles. The van der Waals surface area contributed by atoms with Crippen molar-refractivity contribution in [1.29, 1.82) is 0 Å². The van der Waals surface area contributed by atoms with Crippen molar-refractivity contribution >= 4 is 75.4 Å². The van der Waals surface area contributed by atoms with E-state index in [9.17, 15) is 23.6 Å². The highest BCUT2D eigenvalue weighted by atomic mass is 35.5. The molecule has 0 unspecified atom stereocenters. The summed E-state index contributed by atoms with van der Waals surface area (Å²) in [5, 5.41) is 3.09. The van der Waals surface area contributed by atoms with Crippen LogP contribution in [0.3, 0.4) is 0 Å². The van der Waals surface area contributed by atoms with Crippen LogP contribution in [-0.2, 0) is 14.4 Å². The lowest BCUT2D eigenvalue weighted by Gasteiger charge is -2.31. The number of carbonyl (C=O) groups is 3. The number of benzene rings is 3. The minimum atomic E-state index is -0.879. The summed E-state index contributed by atoms with van der Waals surface area (Å²) in [5.74, 6) is -3.17. The fraction of sp³-hybridized carbons (Fsp3) is 0.143. The average molecular weight is 631 g/mol. The standard InChI is InChI=1S/C28H18Cl2FN3O5S2/c29-13-1-8-17(9-2-13)34-26(36)22-21(23-25(33-28(38)41-23)40-24(22)27(34)37)18-11-14(30)3-10-19(18)39-12-20(35)32-16-6-4-15(31)5-7-16/h1-11,21-22,24H,12H2,(H,32,35)(H,33,38)/t21-,22-,24+/m0/s1. The molecule has 1 saturated heterocycles. The molecule has 0 aliphatic carbocycles. The van der Waals surface area contributed by atoms with Crippen LogP contribution < -0.4 is 19.8 Å². The monoisotopic (exact) mass is 629 g/mol. The normalized spacial score (nSPS) is 19.6. The first-order valence-corrected chi connectivity index (χ1v) is 14.7. The lowest BCUT2D eigenvalue weighted by atomic mass is 9.82. The quantitative estimate of drug-likeness (QED) is 0.265. The first kappa shape index (κ1) is 27.5. The Labute approximate surface area is 250 Å². The van der Waals surface area contributed by atoms with Crippen molar-refractivity contribution in [3.8, 4) is 5.75 Å². The lowest BCUT2D eigenvalue weighted by Crippen LogP contribution is -2.32. The van der Waals surface area contributed by atoms with Crippen molar-refractivity contribution in [2.75, 3.05) is 16.8 Å². The van der Waals surface area contributed by atoms with E-state index in [0.717, 1.165) is 28.0 Å². The molecule has 2 aliphatic rings. The zero-order valence-electron chi connectivity index (χ0n) is 20.7. The number of fused-ring (bicyclic) bond motifs is 2. The Morgan fingerprint density at radius 3 is 2.41 bits per heavy atom. The van der Waals surface area contributed by atoms with E-state index in [2.05, 4.69) is 10.3 Å². The van der Waals surface area contributed by atoms with Crippen LogP contribution in [0.15, 0.2) is 76.6 Å². The van der Waals surface area contributed by atoms with Gasteiger partial charge in [-0.15, -0.1) is 0 Å². The summed E-state index contributed by atoms with van der Waals surface area (Å²) in [4.78, 5) is 56.8. The van der Waals surface area contributed by atoms with Gasteiger partial charge in [0.25, 0.3) is 5.91 Å². The first-order chi connectivity index (χ1) is 19.7. The number of hydrogen-bond donors (Lipinski definition) is 2. The third kappa shape index (κ3) is 5.26. The Morgan fingerprint density at radius 2 is 1.68 bits per heavy atom. The Morgan fingerprint density at radius 1 is 0.976 bits per heavy atom. The van der Waals surface area contributed by atoms with Gasteiger partial charge in [0, 0.05) is 32.1 Å². The molecule has 3 heterocycles. The molecule has 8 nitrogen and oxygen atoms in total. The molecule has 6 rings (SSSR count). The van der Waals surface area contributed by atoms with Gasteiger partial charge in [-0.2, -0.15) is 0 Å². The summed E-state index contributed by atoms with van der Waals surface area (Å²) in [7, 11) is 0. The molecule has 3 atom stereocenters. The Hall–Kier alpha value is -3.64. The van der Waals surface area contributed by atoms with Crippen LogP contribution in [0.1, 0.15) is 16.4 Å². The fourth-order valence-electron chi connectivity index (χ4n) is 4.96. The molecule has 3 aromatic carbocycles. The Kier molecular flexibility index (Phi) is 7.37. The van der Waals surface area contributed by atoms with Gasteiger partial charge >= 0.3 is 4.87 Å². The molecule has 0 bridgehead atoms. The number of aromatic amines is 1. The van der Waals surface area contributed by atoms with Crippen LogP contribution in [0.5, 0.6) is 5.75 Å². The number of imide groups is 1. The van der Waals surface area contributed by atoms with Gasteiger partial charge in [-0.05, 0) is 66.7 Å². The number of amides is 3. The maximum Gasteiger partial charge on any atom is 0.305 e. The molecule has 1 aromatic heterocycles. The maximum absolute atomic E-state index is 13.9. The fourth-order valence-corrected chi connectivity index (χ4v) is 7.78. The van der Waals surface area contributed by atoms with Crippen molar-refractivity contribution in [2.24, 2.45) is 5.92 Å². The number of H-pyrrole nitrogens is 1. The molecule has 4 aromatic rings. The van der Waals surface area contributed by atoms with Crippen LogP contribution in [0, 0.1) is 11.7 Å². The SMILES string of the molecule is O=C(COc1ccc(Cl)cc1[C@@H]1c2sc(=O)[nH]c2S[C@H]2C(=O)N(c3ccc(Cl)cc3)C(=O)[C@@H]12)Nc1ccc(F)cc1. The maximum atomic E-state index is 13.9. The highest BCUT2D eigenvalue weighted by Gasteiger charge is 2.56. The number of aromatic nitrogens is 1. The van der Waals surface area contributed by atoms with Crippen molar-refractivity contribution < 1.29 is 23.5 Å². The topological polar surface area (TPSA) is 109 Å². The van der Waals surface area contributed by atoms with E-state index in [4.69, 9.17) is 27.9 Å². The summed E-state index contributed by atoms with van der Waals surface area (Å²) < 4.78 is 19.1. The number of anilines is 2. The number of thioether (sulfide) groups is 1. The van der Waals surface area contributed by atoms with E-state index in [0.29, 0.717) is 36.9 Å². The van der Waals surface area contributed by atoms with Crippen LogP contribution in [0.4, 0.5) is 15.8 Å². The number of thiazole rings is 1. The number of hydrogen-bond acceptors (Lipinski definition) is 7. The molecule has 0 radical (unpaired) electrons. The summed E-state index contributed by atoms with van der Waals surface area (Å²) >= 11 is 14.5. The molecule has 13 heteroatoms. The smallest absolute Gasteiger partial charge is 0.305 e. The van der Waals surface area contributed by atoms with Gasteiger partial charge in [0.05, 0.1) is 16.6 Å². The predicted octanol–water partition coefficient (Wildman–Crippen LogP) is 5.70. The number of nitrogens with zero attached hydrogens (tertiary/aromatic N) is 1. The summed E-state index contributed by atoms with van der Waals surface area (Å²) in [6, 6.07) is 16.4. The third-order valence-electron chi connectivity index (χ3n) is 6.70. The first-order valence-electron chi connectivity index (χ1n) is 12.2. The van der Waals surface area contributed by atoms with E-state index in [1.807, 2.05) is 0 Å². The molecule has 2 N–H and O–H groups in total. The zero-order chi connectivity index (χ0) is 28.8. The van der Waals surface area contributed by atoms with Crippen LogP contribution in [0.25, 0.3) is 0 Å². The number of nitrogens with one attached hydrogen (secondary N) is 2. The minimum Gasteiger partial charge on any atom is -0.483 e. The number of halogens is 3. The van der Waals surface area contributed by atoms with Crippen LogP contribution in [0.2, 0.25) is 10.0 Å². The van der Waals surface area contributed by atoms with E-state index in [1.165, 1.54) is 24.3 Å². The Balaban J connectivity index is 1.36. The number of rotatable bonds is 6. The highest BCUT2D eigenvalue weighted by Crippen LogP contribution is 2.54. The predicted molar refractivity (Wildman–Crippen MR) is 156 cm³/mol. The van der Waals surface area contributed by atoms with Crippen LogP contribution in [-0.4, -0.2) is 34.6 Å². The van der Waals surface area contributed by atoms with Gasteiger partial charge in [0.15, 0.2) is 6.61 Å². The van der Waals surface area contributed by atoms with Crippen LogP contribution >= 0.6 is 46.3 Å². The number of ether oxygens (including phenoxy) is 1. The molecule has 0 spiro atoms. The molecular weight excluding hydrogens is 612 g/mol. The van der Waals surface area contributed by atoms with E-state index in [1.54, 1.807) is 42.5 Å². The van der Waals surface area contributed by atoms with Gasteiger partial charge in [-0.1, -0.05) is 46.3 Å². The third-order valence-corrected chi connectivity index (χ3v) is 9.59. The lowest BCUT2D eigenvalue weighted by molar-refractivity contribution is -0.122. The van der Waals surface area contributed by atoms with Crippen molar-refractivity contribution in [2.45, 2.75) is 16.2 Å². The summed E-state index contributed by atoms with van der Waals surface area (Å²) in [5.41, 5.74) is 1.23. The zero-order valence-corrected chi connectivity index (χ0v) is 23.9. The second-order valence-corrected chi connectivity index (χ2v) is 12.3. The molecule has 2 aliphatic heterocycles.